The molecule has 4 rings (SSSR count). The highest BCUT2D eigenvalue weighted by Crippen LogP contribution is 2.30. The van der Waals surface area contributed by atoms with Crippen molar-refractivity contribution < 1.29 is 0 Å². The van der Waals surface area contributed by atoms with Crippen molar-refractivity contribution in [1.29, 1.82) is 0 Å². The van der Waals surface area contributed by atoms with Gasteiger partial charge in [0.2, 0.25) is 5.13 Å². The van der Waals surface area contributed by atoms with Crippen molar-refractivity contribution >= 4 is 16.5 Å². The van der Waals surface area contributed by atoms with Crippen LogP contribution in [0.3, 0.4) is 0 Å². The van der Waals surface area contributed by atoms with Gasteiger partial charge in [0.05, 0.1) is 0 Å². The maximum absolute atomic E-state index is 4.47. The molecule has 6 heteroatoms. The van der Waals surface area contributed by atoms with Crippen LogP contribution < -0.4 is 4.90 Å². The second-order valence-electron chi connectivity index (χ2n) is 6.26. The summed E-state index contributed by atoms with van der Waals surface area (Å²) in [5.74, 6) is 1.07. The minimum absolute atomic E-state index is 0.482. The molecule has 1 aliphatic heterocycles. The zero-order valence-electron chi connectivity index (χ0n) is 13.8. The van der Waals surface area contributed by atoms with Gasteiger partial charge in [-0.1, -0.05) is 41.7 Å². The average molecular weight is 339 g/mol. The van der Waals surface area contributed by atoms with Crippen molar-refractivity contribution in [3.05, 3.63) is 59.1 Å². The molecule has 0 bridgehead atoms. The Balaban J connectivity index is 1.48. The van der Waals surface area contributed by atoms with Gasteiger partial charge in [0.25, 0.3) is 0 Å². The Hall–Kier alpha value is -2.21. The number of aryl methyl sites for hydroxylation is 1. The fourth-order valence-corrected chi connectivity index (χ4v) is 4.27. The molecule has 5 nitrogen and oxygen atoms in total. The van der Waals surface area contributed by atoms with Gasteiger partial charge < -0.3 is 9.47 Å². The highest BCUT2D eigenvalue weighted by Gasteiger charge is 2.28. The van der Waals surface area contributed by atoms with Crippen LogP contribution in [0.1, 0.15) is 29.2 Å². The Morgan fingerprint density at radius 1 is 1.21 bits per heavy atom. The molecule has 1 fully saturated rings. The van der Waals surface area contributed by atoms with E-state index < -0.39 is 0 Å². The Bertz CT molecular complexity index is 795. The lowest BCUT2D eigenvalue weighted by Crippen LogP contribution is -2.33. The molecule has 0 radical (unpaired) electrons. The van der Waals surface area contributed by atoms with Crippen LogP contribution in [0.15, 0.2) is 42.7 Å². The van der Waals surface area contributed by atoms with E-state index in [0.29, 0.717) is 6.04 Å². The van der Waals surface area contributed by atoms with E-state index in [0.717, 1.165) is 35.5 Å². The van der Waals surface area contributed by atoms with Crippen molar-refractivity contribution in [2.45, 2.75) is 38.8 Å². The first kappa shape index (κ1) is 15.3. The molecule has 0 spiro atoms. The third-order valence-corrected chi connectivity index (χ3v) is 5.57. The Morgan fingerprint density at radius 3 is 2.88 bits per heavy atom. The molecule has 0 aliphatic carbocycles. The first-order chi connectivity index (χ1) is 11.8. The van der Waals surface area contributed by atoms with Crippen molar-refractivity contribution in [3.8, 4) is 0 Å². The lowest BCUT2D eigenvalue weighted by atomic mass is 10.2. The standard InChI is InChI=1S/C18H21N5S/c1-14-19-9-11-22(14)13-16-8-5-10-23(16)18-21-20-17(24-18)12-15-6-3-2-4-7-15/h2-4,6-7,9,11,16H,5,8,10,12-13H2,1H3. The van der Waals surface area contributed by atoms with Crippen LogP contribution in [-0.2, 0) is 13.0 Å². The van der Waals surface area contributed by atoms with Gasteiger partial charge in [-0.2, -0.15) is 0 Å². The number of hydrogen-bond acceptors (Lipinski definition) is 5. The summed E-state index contributed by atoms with van der Waals surface area (Å²) in [6.07, 6.45) is 7.21. The van der Waals surface area contributed by atoms with Crippen LogP contribution >= 0.6 is 11.3 Å². The molecule has 2 aromatic heterocycles. The third kappa shape index (κ3) is 3.19. The molecule has 3 aromatic rings. The normalized spacial score (nSPS) is 17.5. The van der Waals surface area contributed by atoms with Gasteiger partial charge in [-0.15, -0.1) is 10.2 Å². The molecular weight excluding hydrogens is 318 g/mol. The number of benzene rings is 1. The van der Waals surface area contributed by atoms with E-state index in [-0.39, 0.29) is 0 Å². The van der Waals surface area contributed by atoms with E-state index in [1.807, 2.05) is 12.3 Å². The van der Waals surface area contributed by atoms with E-state index in [2.05, 4.69) is 62.0 Å². The van der Waals surface area contributed by atoms with Crippen molar-refractivity contribution in [1.82, 2.24) is 19.7 Å². The molecule has 24 heavy (non-hydrogen) atoms. The summed E-state index contributed by atoms with van der Waals surface area (Å²) in [6, 6.07) is 10.9. The molecule has 1 atom stereocenters. The van der Waals surface area contributed by atoms with Crippen LogP contribution in [0.25, 0.3) is 0 Å². The Morgan fingerprint density at radius 2 is 2.08 bits per heavy atom. The van der Waals surface area contributed by atoms with Gasteiger partial charge in [0, 0.05) is 37.9 Å². The Labute approximate surface area is 146 Å². The lowest BCUT2D eigenvalue weighted by molar-refractivity contribution is 0.539. The number of hydrogen-bond donors (Lipinski definition) is 0. The summed E-state index contributed by atoms with van der Waals surface area (Å²) in [4.78, 5) is 6.75. The zero-order valence-corrected chi connectivity index (χ0v) is 14.6. The molecular formula is C18H21N5S. The SMILES string of the molecule is Cc1nccn1CC1CCCN1c1nnc(Cc2ccccc2)s1. The Kier molecular flexibility index (Phi) is 4.30. The van der Waals surface area contributed by atoms with E-state index in [9.17, 15) is 0 Å². The van der Waals surface area contributed by atoms with Gasteiger partial charge >= 0.3 is 0 Å². The second kappa shape index (κ2) is 6.73. The van der Waals surface area contributed by atoms with Crippen LogP contribution in [0.2, 0.25) is 0 Å². The molecule has 0 saturated carbocycles. The monoisotopic (exact) mass is 339 g/mol. The maximum Gasteiger partial charge on any atom is 0.208 e. The molecule has 124 valence electrons. The summed E-state index contributed by atoms with van der Waals surface area (Å²) in [6.45, 7) is 4.10. The lowest BCUT2D eigenvalue weighted by Gasteiger charge is -2.24. The predicted octanol–water partition coefficient (Wildman–Crippen LogP) is 3.30. The molecule has 1 unspecified atom stereocenters. The summed E-state index contributed by atoms with van der Waals surface area (Å²) >= 11 is 1.72. The topological polar surface area (TPSA) is 46.8 Å². The molecule has 0 amide bonds. The molecule has 0 N–H and O–H groups in total. The maximum atomic E-state index is 4.47. The fraction of sp³-hybridized carbons (Fsp3) is 0.389. The van der Waals surface area contributed by atoms with Gasteiger partial charge in [0.1, 0.15) is 10.8 Å². The fourth-order valence-electron chi connectivity index (χ4n) is 3.30. The number of aromatic nitrogens is 4. The van der Waals surface area contributed by atoms with Crippen LogP contribution in [0.5, 0.6) is 0 Å². The smallest absolute Gasteiger partial charge is 0.208 e. The first-order valence-electron chi connectivity index (χ1n) is 8.40. The quantitative estimate of drug-likeness (QED) is 0.715. The minimum Gasteiger partial charge on any atom is -0.342 e. The minimum atomic E-state index is 0.482. The van der Waals surface area contributed by atoms with E-state index in [1.165, 1.54) is 18.4 Å². The molecule has 1 saturated heterocycles. The summed E-state index contributed by atoms with van der Waals surface area (Å²) in [5, 5.41) is 11.0. The largest absolute Gasteiger partial charge is 0.342 e. The van der Waals surface area contributed by atoms with Crippen LogP contribution in [0, 0.1) is 6.92 Å². The van der Waals surface area contributed by atoms with Crippen molar-refractivity contribution in [2.24, 2.45) is 0 Å². The second-order valence-corrected chi connectivity index (χ2v) is 7.30. The van der Waals surface area contributed by atoms with E-state index in [1.54, 1.807) is 11.3 Å². The van der Waals surface area contributed by atoms with Crippen LogP contribution in [0.4, 0.5) is 5.13 Å². The zero-order chi connectivity index (χ0) is 16.4. The summed E-state index contributed by atoms with van der Waals surface area (Å²) in [5.41, 5.74) is 1.28. The summed E-state index contributed by atoms with van der Waals surface area (Å²) < 4.78 is 2.23. The number of nitrogens with zero attached hydrogens (tertiary/aromatic N) is 5. The highest BCUT2D eigenvalue weighted by atomic mass is 32.1. The number of anilines is 1. The average Bonchev–Trinajstić information content (AvgIpc) is 3.31. The molecule has 1 aromatic carbocycles. The molecule has 3 heterocycles. The van der Waals surface area contributed by atoms with Crippen LogP contribution in [-0.4, -0.2) is 32.3 Å². The van der Waals surface area contributed by atoms with Crippen molar-refractivity contribution in [3.63, 3.8) is 0 Å². The number of imidazole rings is 1. The van der Waals surface area contributed by atoms with E-state index in [4.69, 9.17) is 0 Å². The highest BCUT2D eigenvalue weighted by molar-refractivity contribution is 7.15. The first-order valence-corrected chi connectivity index (χ1v) is 9.22. The van der Waals surface area contributed by atoms with Gasteiger partial charge in [-0.3, -0.25) is 0 Å². The third-order valence-electron chi connectivity index (χ3n) is 4.61. The van der Waals surface area contributed by atoms with Gasteiger partial charge in [-0.25, -0.2) is 4.98 Å². The predicted molar refractivity (Wildman–Crippen MR) is 96.5 cm³/mol. The van der Waals surface area contributed by atoms with Gasteiger partial charge in [0.15, 0.2) is 0 Å². The summed E-state index contributed by atoms with van der Waals surface area (Å²) in [7, 11) is 0. The van der Waals surface area contributed by atoms with E-state index >= 15 is 0 Å². The van der Waals surface area contributed by atoms with Gasteiger partial charge in [-0.05, 0) is 25.3 Å². The molecule has 1 aliphatic rings. The van der Waals surface area contributed by atoms with Crippen molar-refractivity contribution in [2.75, 3.05) is 11.4 Å². The number of rotatable bonds is 5.